The average molecular weight is 496 g/mol. The van der Waals surface area contributed by atoms with Crippen LogP contribution in [0, 0.1) is 23.7 Å². The minimum atomic E-state index is 0.195. The SMILES string of the molecule is O=C1CCCc2nc(C#Cc3ccccc3)ccc21.O=C1CCCc2nc(C#Cc3cccnc3)ccc21. The highest BCUT2D eigenvalue weighted by molar-refractivity contribution is 5.98. The van der Waals surface area contributed by atoms with Gasteiger partial charge < -0.3 is 0 Å². The molecule has 38 heavy (non-hydrogen) atoms. The molecule has 184 valence electrons. The van der Waals surface area contributed by atoms with Gasteiger partial charge >= 0.3 is 0 Å². The van der Waals surface area contributed by atoms with Gasteiger partial charge in [-0.3, -0.25) is 14.6 Å². The van der Waals surface area contributed by atoms with Gasteiger partial charge in [-0.1, -0.05) is 30.0 Å². The first-order valence-electron chi connectivity index (χ1n) is 12.7. The molecule has 0 saturated heterocycles. The molecule has 0 radical (unpaired) electrons. The van der Waals surface area contributed by atoms with E-state index in [-0.39, 0.29) is 11.6 Å². The molecule has 3 heterocycles. The molecule has 0 saturated carbocycles. The largest absolute Gasteiger partial charge is 0.294 e. The summed E-state index contributed by atoms with van der Waals surface area (Å²) in [5.74, 6) is 12.6. The molecule has 0 bridgehead atoms. The third-order valence-electron chi connectivity index (χ3n) is 6.29. The van der Waals surface area contributed by atoms with E-state index in [4.69, 9.17) is 0 Å². The molecule has 3 aromatic heterocycles. The van der Waals surface area contributed by atoms with E-state index in [9.17, 15) is 9.59 Å². The number of pyridine rings is 3. The van der Waals surface area contributed by atoms with Crippen molar-refractivity contribution in [3.63, 3.8) is 0 Å². The molecule has 2 aliphatic rings. The van der Waals surface area contributed by atoms with Gasteiger partial charge in [0.2, 0.25) is 0 Å². The number of rotatable bonds is 0. The lowest BCUT2D eigenvalue weighted by molar-refractivity contribution is 0.0963. The van der Waals surface area contributed by atoms with Gasteiger partial charge in [0.05, 0.1) is 11.4 Å². The van der Waals surface area contributed by atoms with Crippen LogP contribution < -0.4 is 0 Å². The number of hydrogen-bond donors (Lipinski definition) is 0. The number of fused-ring (bicyclic) bond motifs is 2. The molecule has 0 amide bonds. The highest BCUT2D eigenvalue weighted by Crippen LogP contribution is 2.20. The number of aryl methyl sites for hydroxylation is 2. The van der Waals surface area contributed by atoms with Crippen LogP contribution in [0.4, 0.5) is 0 Å². The first kappa shape index (κ1) is 24.8. The summed E-state index contributed by atoms with van der Waals surface area (Å²) in [5, 5.41) is 0. The fourth-order valence-corrected chi connectivity index (χ4v) is 4.36. The number of nitrogens with zero attached hydrogens (tertiary/aromatic N) is 3. The summed E-state index contributed by atoms with van der Waals surface area (Å²) in [6.45, 7) is 0. The van der Waals surface area contributed by atoms with Crippen LogP contribution >= 0.6 is 0 Å². The average Bonchev–Trinajstić information content (AvgIpc) is 2.97. The zero-order valence-electron chi connectivity index (χ0n) is 20.9. The zero-order valence-corrected chi connectivity index (χ0v) is 20.9. The maximum atomic E-state index is 11.7. The smallest absolute Gasteiger partial charge is 0.164 e. The fourth-order valence-electron chi connectivity index (χ4n) is 4.36. The molecule has 6 rings (SSSR count). The molecule has 0 atom stereocenters. The number of Topliss-reactive ketones (excluding diaryl/α,β-unsaturated/α-hetero) is 2. The Bertz CT molecular complexity index is 1480. The summed E-state index contributed by atoms with van der Waals surface area (Å²) in [4.78, 5) is 36.3. The molecule has 4 aromatic rings. The Hall–Kier alpha value is -4.87. The molecule has 0 aliphatic heterocycles. The lowest BCUT2D eigenvalue weighted by Crippen LogP contribution is -2.12. The van der Waals surface area contributed by atoms with E-state index in [1.165, 1.54) is 0 Å². The Morgan fingerprint density at radius 2 is 1.11 bits per heavy atom. The maximum Gasteiger partial charge on any atom is 0.164 e. The van der Waals surface area contributed by atoms with Crippen LogP contribution in [0.5, 0.6) is 0 Å². The second kappa shape index (κ2) is 11.9. The van der Waals surface area contributed by atoms with E-state index >= 15 is 0 Å². The van der Waals surface area contributed by atoms with Crippen molar-refractivity contribution in [2.45, 2.75) is 38.5 Å². The highest BCUT2D eigenvalue weighted by Gasteiger charge is 2.18. The molecule has 0 spiro atoms. The molecular formula is C33H25N3O2. The number of aromatic nitrogens is 3. The summed E-state index contributed by atoms with van der Waals surface area (Å²) in [5.41, 5.74) is 6.59. The van der Waals surface area contributed by atoms with Gasteiger partial charge in [-0.05, 0) is 86.1 Å². The monoisotopic (exact) mass is 495 g/mol. The zero-order chi connectivity index (χ0) is 26.2. The van der Waals surface area contributed by atoms with Crippen molar-refractivity contribution >= 4 is 11.6 Å². The third-order valence-corrected chi connectivity index (χ3v) is 6.29. The van der Waals surface area contributed by atoms with Gasteiger partial charge in [-0.2, -0.15) is 0 Å². The number of carbonyl (C=O) groups is 2. The van der Waals surface area contributed by atoms with Crippen LogP contribution in [0.25, 0.3) is 0 Å². The van der Waals surface area contributed by atoms with Crippen LogP contribution in [0.3, 0.4) is 0 Å². The summed E-state index contributed by atoms with van der Waals surface area (Å²) in [7, 11) is 0. The van der Waals surface area contributed by atoms with Crippen LogP contribution in [0.1, 0.15) is 80.3 Å². The van der Waals surface area contributed by atoms with Crippen LogP contribution in [-0.2, 0) is 12.8 Å². The molecule has 1 aromatic carbocycles. The lowest BCUT2D eigenvalue weighted by atomic mass is 9.94. The Morgan fingerprint density at radius 1 is 0.553 bits per heavy atom. The number of ketones is 2. The predicted octanol–water partition coefficient (Wildman–Crippen LogP) is 5.40. The standard InChI is InChI=1S/C17H13NO.C16H12N2O/c19-17-8-4-7-16-15(17)12-11-14(18-16)10-9-13-5-2-1-3-6-13;19-16-5-1-4-15-14(16)9-8-13(18-15)7-6-12-3-2-10-17-11-12/h1-3,5-6,11-12H,4,7-8H2;2-3,8-11H,1,4-5H2. The van der Waals surface area contributed by atoms with E-state index in [0.717, 1.165) is 65.0 Å². The minimum absolute atomic E-state index is 0.195. The second-order valence-electron chi connectivity index (χ2n) is 9.04. The van der Waals surface area contributed by atoms with Crippen molar-refractivity contribution in [3.05, 3.63) is 124 Å². The summed E-state index contributed by atoms with van der Waals surface area (Å²) in [6, 6.07) is 20.9. The van der Waals surface area contributed by atoms with Crippen LogP contribution in [-0.4, -0.2) is 26.5 Å². The first-order chi connectivity index (χ1) is 18.7. The lowest BCUT2D eigenvalue weighted by Gasteiger charge is -2.12. The number of benzene rings is 1. The van der Waals surface area contributed by atoms with Gasteiger partial charge in [0.25, 0.3) is 0 Å². The number of carbonyl (C=O) groups excluding carboxylic acids is 2. The van der Waals surface area contributed by atoms with Crippen molar-refractivity contribution in [1.29, 1.82) is 0 Å². The van der Waals surface area contributed by atoms with E-state index in [1.807, 2.05) is 66.7 Å². The van der Waals surface area contributed by atoms with Gasteiger partial charge in [0, 0.05) is 47.5 Å². The highest BCUT2D eigenvalue weighted by atomic mass is 16.1. The molecule has 0 fully saturated rings. The summed E-state index contributed by atoms with van der Waals surface area (Å²) < 4.78 is 0. The minimum Gasteiger partial charge on any atom is -0.294 e. The summed E-state index contributed by atoms with van der Waals surface area (Å²) in [6.07, 6.45) is 8.24. The van der Waals surface area contributed by atoms with Crippen LogP contribution in [0.2, 0.25) is 0 Å². The predicted molar refractivity (Wildman–Crippen MR) is 146 cm³/mol. The van der Waals surface area contributed by atoms with Crippen molar-refractivity contribution in [1.82, 2.24) is 15.0 Å². The topological polar surface area (TPSA) is 72.8 Å². The molecule has 0 N–H and O–H groups in total. The van der Waals surface area contributed by atoms with E-state index < -0.39 is 0 Å². The normalized spacial score (nSPS) is 13.4. The van der Waals surface area contributed by atoms with E-state index in [2.05, 4.69) is 38.6 Å². The molecule has 0 unspecified atom stereocenters. The Labute approximate surface area is 222 Å². The quantitative estimate of drug-likeness (QED) is 0.306. The Kier molecular flexibility index (Phi) is 7.78. The van der Waals surface area contributed by atoms with Crippen molar-refractivity contribution in [3.8, 4) is 23.7 Å². The molecule has 2 aliphatic carbocycles. The summed E-state index contributed by atoms with van der Waals surface area (Å²) >= 11 is 0. The van der Waals surface area contributed by atoms with Crippen molar-refractivity contribution in [2.75, 3.05) is 0 Å². The molecule has 5 nitrogen and oxygen atoms in total. The van der Waals surface area contributed by atoms with Gasteiger partial charge in [0.15, 0.2) is 11.6 Å². The van der Waals surface area contributed by atoms with E-state index in [1.54, 1.807) is 12.4 Å². The molecule has 5 heteroatoms. The third kappa shape index (κ3) is 6.27. The maximum absolute atomic E-state index is 11.7. The van der Waals surface area contributed by atoms with Crippen molar-refractivity contribution < 1.29 is 9.59 Å². The molecular weight excluding hydrogens is 470 g/mol. The van der Waals surface area contributed by atoms with Gasteiger partial charge in [-0.15, -0.1) is 0 Å². The first-order valence-corrected chi connectivity index (χ1v) is 12.7. The Balaban J connectivity index is 0.000000155. The van der Waals surface area contributed by atoms with Gasteiger partial charge in [-0.25, -0.2) is 9.97 Å². The second-order valence-corrected chi connectivity index (χ2v) is 9.04. The van der Waals surface area contributed by atoms with Gasteiger partial charge in [0.1, 0.15) is 11.4 Å². The van der Waals surface area contributed by atoms with E-state index in [0.29, 0.717) is 18.5 Å². The van der Waals surface area contributed by atoms with Crippen LogP contribution in [0.15, 0.2) is 79.1 Å². The fraction of sp³-hybridized carbons (Fsp3) is 0.182. The number of hydrogen-bond acceptors (Lipinski definition) is 5. The van der Waals surface area contributed by atoms with Crippen molar-refractivity contribution in [2.24, 2.45) is 0 Å². The Morgan fingerprint density at radius 3 is 1.66 bits per heavy atom.